The molecule has 3 nitrogen and oxygen atoms in total. The van der Waals surface area contributed by atoms with Crippen molar-refractivity contribution in [3.8, 4) is 11.5 Å². The third-order valence-electron chi connectivity index (χ3n) is 5.27. The van der Waals surface area contributed by atoms with Gasteiger partial charge in [-0.15, -0.1) is 0 Å². The van der Waals surface area contributed by atoms with Crippen LogP contribution in [0.2, 0.25) is 0 Å². The van der Waals surface area contributed by atoms with Crippen molar-refractivity contribution in [1.29, 1.82) is 0 Å². The Bertz CT molecular complexity index is 600. The fraction of sp³-hybridized carbons (Fsp3) is 0.696. The molecular formula is C23H38O3. The van der Waals surface area contributed by atoms with Crippen LogP contribution in [0.15, 0.2) is 24.3 Å². The van der Waals surface area contributed by atoms with Gasteiger partial charge in [0.25, 0.3) is 0 Å². The number of esters is 1. The van der Waals surface area contributed by atoms with Crippen LogP contribution >= 0.6 is 0 Å². The smallest absolute Gasteiger partial charge is 0.317 e. The Morgan fingerprint density at radius 2 is 1.31 bits per heavy atom. The fourth-order valence-electron chi connectivity index (χ4n) is 2.89. The molecule has 0 aliphatic rings. The Morgan fingerprint density at radius 1 is 0.846 bits per heavy atom. The first-order valence-corrected chi connectivity index (χ1v) is 9.61. The van der Waals surface area contributed by atoms with Gasteiger partial charge in [0.15, 0.2) is 0 Å². The highest BCUT2D eigenvalue weighted by Gasteiger charge is 2.47. The molecule has 148 valence electrons. The molecule has 0 saturated carbocycles. The molecule has 0 heterocycles. The lowest BCUT2D eigenvalue weighted by Gasteiger charge is -2.43. The lowest BCUT2D eigenvalue weighted by Crippen LogP contribution is -2.45. The molecule has 1 rings (SSSR count). The summed E-state index contributed by atoms with van der Waals surface area (Å²) in [5.74, 6) is 1.16. The maximum atomic E-state index is 13.1. The van der Waals surface area contributed by atoms with E-state index in [0.29, 0.717) is 5.75 Å². The third-order valence-corrected chi connectivity index (χ3v) is 5.27. The molecular weight excluding hydrogens is 324 g/mol. The average Bonchev–Trinajstić information content (AvgIpc) is 2.46. The Labute approximate surface area is 160 Å². The predicted molar refractivity (Wildman–Crippen MR) is 109 cm³/mol. The maximum absolute atomic E-state index is 13.1. The molecule has 1 atom stereocenters. The molecule has 0 aliphatic heterocycles. The number of carbonyl (C=O) groups excluding carboxylic acids is 1. The number of benzene rings is 1. The van der Waals surface area contributed by atoms with Crippen molar-refractivity contribution < 1.29 is 14.3 Å². The van der Waals surface area contributed by atoms with Crippen molar-refractivity contribution in [1.82, 2.24) is 0 Å². The molecule has 0 saturated heterocycles. The first kappa shape index (κ1) is 22.5. The van der Waals surface area contributed by atoms with E-state index in [2.05, 4.69) is 62.3 Å². The molecule has 0 amide bonds. The van der Waals surface area contributed by atoms with E-state index >= 15 is 0 Å². The van der Waals surface area contributed by atoms with Crippen LogP contribution in [0.1, 0.15) is 82.1 Å². The molecule has 26 heavy (non-hydrogen) atoms. The molecule has 0 aromatic heterocycles. The van der Waals surface area contributed by atoms with E-state index in [1.54, 1.807) is 12.1 Å². The molecule has 1 unspecified atom stereocenters. The van der Waals surface area contributed by atoms with Crippen molar-refractivity contribution in [3.63, 3.8) is 0 Å². The minimum absolute atomic E-state index is 0.0322. The van der Waals surface area contributed by atoms with Gasteiger partial charge >= 0.3 is 5.97 Å². The molecule has 0 fully saturated rings. The summed E-state index contributed by atoms with van der Waals surface area (Å²) in [4.78, 5) is 13.1. The second kappa shape index (κ2) is 7.62. The van der Waals surface area contributed by atoms with Crippen LogP contribution in [0.3, 0.4) is 0 Å². The summed E-state index contributed by atoms with van der Waals surface area (Å²) in [6, 6.07) is 7.33. The van der Waals surface area contributed by atoms with Gasteiger partial charge in [-0.2, -0.15) is 0 Å². The largest absolute Gasteiger partial charge is 0.488 e. The summed E-state index contributed by atoms with van der Waals surface area (Å²) in [6.07, 6.45) is 1.68. The molecule has 1 aromatic rings. The minimum atomic E-state index is -0.579. The molecule has 0 N–H and O–H groups in total. The van der Waals surface area contributed by atoms with E-state index in [1.165, 1.54) is 0 Å². The average molecular weight is 363 g/mol. The number of ether oxygens (including phenoxy) is 2. The molecule has 0 spiro atoms. The van der Waals surface area contributed by atoms with Gasteiger partial charge in [0, 0.05) is 0 Å². The first-order valence-electron chi connectivity index (χ1n) is 9.61. The van der Waals surface area contributed by atoms with Crippen LogP contribution in [-0.2, 0) is 4.79 Å². The maximum Gasteiger partial charge on any atom is 0.317 e. The zero-order chi connectivity index (χ0) is 20.4. The van der Waals surface area contributed by atoms with Gasteiger partial charge in [-0.05, 0) is 68.7 Å². The highest BCUT2D eigenvalue weighted by molar-refractivity contribution is 5.79. The summed E-state index contributed by atoms with van der Waals surface area (Å²) >= 11 is 0. The lowest BCUT2D eigenvalue weighted by molar-refractivity contribution is -0.154. The Balaban J connectivity index is 2.97. The quantitative estimate of drug-likeness (QED) is 0.420. The number of rotatable bonds is 6. The lowest BCUT2D eigenvalue weighted by atomic mass is 9.61. The van der Waals surface area contributed by atoms with Crippen LogP contribution in [0.5, 0.6) is 11.5 Å². The zero-order valence-corrected chi connectivity index (χ0v) is 18.4. The van der Waals surface area contributed by atoms with Crippen LogP contribution in [0.4, 0.5) is 0 Å². The Morgan fingerprint density at radius 3 is 1.69 bits per heavy atom. The van der Waals surface area contributed by atoms with Gasteiger partial charge in [-0.25, -0.2) is 0 Å². The highest BCUT2D eigenvalue weighted by atomic mass is 16.5. The van der Waals surface area contributed by atoms with Gasteiger partial charge in [0.1, 0.15) is 17.1 Å². The van der Waals surface area contributed by atoms with Crippen LogP contribution in [0.25, 0.3) is 0 Å². The summed E-state index contributed by atoms with van der Waals surface area (Å²) < 4.78 is 11.7. The summed E-state index contributed by atoms with van der Waals surface area (Å²) in [6.45, 7) is 21.0. The van der Waals surface area contributed by atoms with Crippen molar-refractivity contribution in [3.05, 3.63) is 24.3 Å². The van der Waals surface area contributed by atoms with Gasteiger partial charge in [-0.1, -0.05) is 48.5 Å². The third kappa shape index (κ3) is 6.03. The van der Waals surface area contributed by atoms with Crippen molar-refractivity contribution >= 4 is 5.97 Å². The molecule has 0 aliphatic carbocycles. The summed E-state index contributed by atoms with van der Waals surface area (Å²) in [5, 5.41) is 0. The molecule has 3 heteroatoms. The van der Waals surface area contributed by atoms with E-state index < -0.39 is 5.41 Å². The highest BCUT2D eigenvalue weighted by Crippen LogP contribution is 2.47. The van der Waals surface area contributed by atoms with Crippen LogP contribution in [0, 0.1) is 16.2 Å². The normalized spacial score (nSPS) is 15.3. The number of hydrogen-bond acceptors (Lipinski definition) is 3. The number of carbonyl (C=O) groups is 1. The van der Waals surface area contributed by atoms with E-state index in [1.807, 2.05) is 19.1 Å². The second-order valence-electron chi connectivity index (χ2n) is 10.4. The first-order chi connectivity index (χ1) is 11.6. The summed E-state index contributed by atoms with van der Waals surface area (Å²) in [7, 11) is 0. The minimum Gasteiger partial charge on any atom is -0.488 e. The van der Waals surface area contributed by atoms with Crippen molar-refractivity contribution in [2.75, 3.05) is 0 Å². The van der Waals surface area contributed by atoms with Crippen LogP contribution in [-0.4, -0.2) is 11.6 Å². The fourth-order valence-corrected chi connectivity index (χ4v) is 2.89. The topological polar surface area (TPSA) is 35.5 Å². The Hall–Kier alpha value is -1.51. The standard InChI is InChI=1S/C23H38O3/c1-11-22(8,9)26-18-14-12-17(13-15-18)25-19(24)23(10,21(5,6)7)16-20(2,3)4/h12-15H,11,16H2,1-10H3. The molecule has 0 bridgehead atoms. The van der Waals surface area contributed by atoms with Crippen molar-refractivity contribution in [2.45, 2.75) is 87.7 Å². The van der Waals surface area contributed by atoms with E-state index in [-0.39, 0.29) is 22.4 Å². The zero-order valence-electron chi connectivity index (χ0n) is 18.4. The van der Waals surface area contributed by atoms with Gasteiger partial charge < -0.3 is 9.47 Å². The second-order valence-corrected chi connectivity index (χ2v) is 10.4. The summed E-state index contributed by atoms with van der Waals surface area (Å²) in [5.41, 5.74) is -0.962. The SMILES string of the molecule is CCC(C)(C)Oc1ccc(OC(=O)C(C)(CC(C)(C)C)C(C)(C)C)cc1. The van der Waals surface area contributed by atoms with E-state index in [9.17, 15) is 4.79 Å². The van der Waals surface area contributed by atoms with Crippen molar-refractivity contribution in [2.24, 2.45) is 16.2 Å². The van der Waals surface area contributed by atoms with Gasteiger partial charge in [-0.3, -0.25) is 4.79 Å². The van der Waals surface area contributed by atoms with E-state index in [4.69, 9.17) is 9.47 Å². The Kier molecular flexibility index (Phi) is 6.60. The van der Waals surface area contributed by atoms with Gasteiger partial charge in [0.05, 0.1) is 5.41 Å². The molecule has 1 aromatic carbocycles. The number of hydrogen-bond donors (Lipinski definition) is 0. The molecule has 0 radical (unpaired) electrons. The van der Waals surface area contributed by atoms with E-state index in [0.717, 1.165) is 18.6 Å². The monoisotopic (exact) mass is 362 g/mol. The van der Waals surface area contributed by atoms with Crippen LogP contribution < -0.4 is 9.47 Å². The predicted octanol–water partition coefficient (Wildman–Crippen LogP) is 6.65. The van der Waals surface area contributed by atoms with Gasteiger partial charge in [0.2, 0.25) is 0 Å².